The Balaban J connectivity index is 2.50. The summed E-state index contributed by atoms with van der Waals surface area (Å²) < 4.78 is 5.28. The van der Waals surface area contributed by atoms with Crippen LogP contribution in [-0.4, -0.2) is 34.8 Å². The number of hydrogen-bond acceptors (Lipinski definition) is 4. The van der Waals surface area contributed by atoms with E-state index in [0.717, 1.165) is 6.26 Å². The molecular formula is C13H20N2O3. The lowest BCUT2D eigenvalue weighted by Gasteiger charge is -2.33. The zero-order chi connectivity index (χ0) is 13.8. The van der Waals surface area contributed by atoms with Crippen LogP contribution in [0.15, 0.2) is 11.8 Å². The SMILES string of the molecule is CC(C)(C)OC(=O)N1CCC(C(C#N)=CO)CC1. The van der Waals surface area contributed by atoms with Crippen LogP contribution in [0.1, 0.15) is 33.6 Å². The van der Waals surface area contributed by atoms with E-state index in [-0.39, 0.29) is 12.0 Å². The van der Waals surface area contributed by atoms with Gasteiger partial charge in [-0.3, -0.25) is 0 Å². The number of rotatable bonds is 1. The van der Waals surface area contributed by atoms with Crippen molar-refractivity contribution in [1.29, 1.82) is 5.26 Å². The largest absolute Gasteiger partial charge is 0.515 e. The first-order valence-corrected chi connectivity index (χ1v) is 6.09. The molecule has 0 aromatic rings. The third-order valence-corrected chi connectivity index (χ3v) is 2.85. The van der Waals surface area contributed by atoms with Crippen LogP contribution in [0.4, 0.5) is 4.79 Å². The Morgan fingerprint density at radius 1 is 1.44 bits per heavy atom. The average molecular weight is 252 g/mol. The van der Waals surface area contributed by atoms with Crippen molar-refractivity contribution in [2.75, 3.05) is 13.1 Å². The standard InChI is InChI=1S/C13H20N2O3/c1-13(2,3)18-12(17)15-6-4-10(5-7-15)11(8-14)9-16/h9-10,16H,4-7H2,1-3H3. The number of hydrogen-bond donors (Lipinski definition) is 1. The zero-order valence-electron chi connectivity index (χ0n) is 11.1. The van der Waals surface area contributed by atoms with Crippen LogP contribution in [0.25, 0.3) is 0 Å². The summed E-state index contributed by atoms with van der Waals surface area (Å²) >= 11 is 0. The van der Waals surface area contributed by atoms with Gasteiger partial charge in [-0.15, -0.1) is 0 Å². The Morgan fingerprint density at radius 3 is 2.39 bits per heavy atom. The van der Waals surface area contributed by atoms with E-state index in [0.29, 0.717) is 31.5 Å². The number of carbonyl (C=O) groups is 1. The van der Waals surface area contributed by atoms with E-state index in [2.05, 4.69) is 0 Å². The first-order chi connectivity index (χ1) is 8.37. The molecule has 1 fully saturated rings. The zero-order valence-corrected chi connectivity index (χ0v) is 11.1. The Morgan fingerprint density at radius 2 is 2.00 bits per heavy atom. The molecule has 0 saturated carbocycles. The van der Waals surface area contributed by atoms with Crippen molar-refractivity contribution in [3.8, 4) is 6.07 Å². The molecule has 0 spiro atoms. The van der Waals surface area contributed by atoms with Crippen LogP contribution >= 0.6 is 0 Å². The second kappa shape index (κ2) is 5.76. The number of nitriles is 1. The summed E-state index contributed by atoms with van der Waals surface area (Å²) in [6, 6.07) is 1.98. The minimum Gasteiger partial charge on any atom is -0.515 e. The summed E-state index contributed by atoms with van der Waals surface area (Å²) in [4.78, 5) is 13.5. The smallest absolute Gasteiger partial charge is 0.410 e. The minimum atomic E-state index is -0.489. The maximum atomic E-state index is 11.8. The maximum Gasteiger partial charge on any atom is 0.410 e. The van der Waals surface area contributed by atoms with Gasteiger partial charge in [0, 0.05) is 19.0 Å². The molecule has 1 rings (SSSR count). The van der Waals surface area contributed by atoms with Crippen molar-refractivity contribution < 1.29 is 14.6 Å². The lowest BCUT2D eigenvalue weighted by Crippen LogP contribution is -2.41. The first-order valence-electron chi connectivity index (χ1n) is 6.09. The van der Waals surface area contributed by atoms with Crippen LogP contribution in [-0.2, 0) is 4.74 Å². The lowest BCUT2D eigenvalue weighted by molar-refractivity contribution is 0.0195. The number of ether oxygens (including phenoxy) is 1. The van der Waals surface area contributed by atoms with Gasteiger partial charge in [0.1, 0.15) is 5.60 Å². The van der Waals surface area contributed by atoms with Gasteiger partial charge >= 0.3 is 6.09 Å². The molecule has 0 radical (unpaired) electrons. The molecular weight excluding hydrogens is 232 g/mol. The molecule has 5 heteroatoms. The summed E-state index contributed by atoms with van der Waals surface area (Å²) in [7, 11) is 0. The van der Waals surface area contributed by atoms with Crippen LogP contribution < -0.4 is 0 Å². The van der Waals surface area contributed by atoms with Crippen LogP contribution in [0.5, 0.6) is 0 Å². The van der Waals surface area contributed by atoms with E-state index in [1.165, 1.54) is 0 Å². The van der Waals surface area contributed by atoms with Gasteiger partial charge in [0.15, 0.2) is 0 Å². The molecule has 1 N–H and O–H groups in total. The quantitative estimate of drug-likeness (QED) is 0.575. The molecule has 1 saturated heterocycles. The highest BCUT2D eigenvalue weighted by molar-refractivity contribution is 5.68. The fourth-order valence-electron chi connectivity index (χ4n) is 1.93. The molecule has 0 bridgehead atoms. The van der Waals surface area contributed by atoms with E-state index in [4.69, 9.17) is 15.1 Å². The molecule has 0 aromatic carbocycles. The number of allylic oxidation sites excluding steroid dienone is 1. The van der Waals surface area contributed by atoms with Crippen LogP contribution in [0.2, 0.25) is 0 Å². The highest BCUT2D eigenvalue weighted by atomic mass is 16.6. The van der Waals surface area contributed by atoms with E-state index in [1.54, 1.807) is 4.90 Å². The second-order valence-corrected chi connectivity index (χ2v) is 5.44. The van der Waals surface area contributed by atoms with Gasteiger partial charge in [-0.2, -0.15) is 5.26 Å². The molecule has 18 heavy (non-hydrogen) atoms. The highest BCUT2D eigenvalue weighted by Crippen LogP contribution is 2.25. The molecule has 1 amide bonds. The van der Waals surface area contributed by atoms with Gasteiger partial charge in [0.25, 0.3) is 0 Å². The van der Waals surface area contributed by atoms with Crippen molar-refractivity contribution in [1.82, 2.24) is 4.90 Å². The summed E-state index contributed by atoms with van der Waals surface area (Å²) in [6.07, 6.45) is 1.92. The lowest BCUT2D eigenvalue weighted by atomic mass is 9.90. The molecule has 0 aromatic heterocycles. The summed E-state index contributed by atoms with van der Waals surface area (Å²) in [6.45, 7) is 6.61. The Bertz CT molecular complexity index is 369. The predicted molar refractivity (Wildman–Crippen MR) is 66.9 cm³/mol. The van der Waals surface area contributed by atoms with E-state index in [1.807, 2.05) is 26.8 Å². The topological polar surface area (TPSA) is 73.6 Å². The van der Waals surface area contributed by atoms with Crippen molar-refractivity contribution in [3.63, 3.8) is 0 Å². The fourth-order valence-corrected chi connectivity index (χ4v) is 1.93. The predicted octanol–water partition coefficient (Wildman–Crippen LogP) is 2.60. The molecule has 5 nitrogen and oxygen atoms in total. The highest BCUT2D eigenvalue weighted by Gasteiger charge is 2.28. The fraction of sp³-hybridized carbons (Fsp3) is 0.692. The molecule has 0 aliphatic carbocycles. The second-order valence-electron chi connectivity index (χ2n) is 5.44. The monoisotopic (exact) mass is 252 g/mol. The van der Waals surface area contributed by atoms with Gasteiger partial charge in [-0.1, -0.05) is 0 Å². The van der Waals surface area contributed by atoms with Gasteiger partial charge in [0.05, 0.1) is 17.9 Å². The molecule has 0 unspecified atom stereocenters. The number of carbonyl (C=O) groups excluding carboxylic acids is 1. The minimum absolute atomic E-state index is 0.0405. The summed E-state index contributed by atoms with van der Waals surface area (Å²) in [5.41, 5.74) is -0.102. The average Bonchev–Trinajstić information content (AvgIpc) is 2.29. The number of piperidine rings is 1. The number of aliphatic hydroxyl groups excluding tert-OH is 1. The van der Waals surface area contributed by atoms with Crippen LogP contribution in [0, 0.1) is 17.2 Å². The van der Waals surface area contributed by atoms with Crippen molar-refractivity contribution in [2.45, 2.75) is 39.2 Å². The van der Waals surface area contributed by atoms with E-state index in [9.17, 15) is 4.79 Å². The number of aliphatic hydroxyl groups is 1. The molecule has 0 atom stereocenters. The summed E-state index contributed by atoms with van der Waals surface area (Å²) in [5, 5.41) is 17.7. The molecule has 100 valence electrons. The Hall–Kier alpha value is -1.70. The summed E-state index contributed by atoms with van der Waals surface area (Å²) in [5.74, 6) is 0.0405. The van der Waals surface area contributed by atoms with Gasteiger partial charge in [0.2, 0.25) is 0 Å². The third kappa shape index (κ3) is 3.95. The van der Waals surface area contributed by atoms with E-state index < -0.39 is 5.60 Å². The van der Waals surface area contributed by atoms with Gasteiger partial charge in [-0.25, -0.2) is 4.79 Å². The van der Waals surface area contributed by atoms with Gasteiger partial charge < -0.3 is 14.7 Å². The van der Waals surface area contributed by atoms with Crippen molar-refractivity contribution in [3.05, 3.63) is 11.8 Å². The number of nitrogens with zero attached hydrogens (tertiary/aromatic N) is 2. The van der Waals surface area contributed by atoms with Crippen molar-refractivity contribution >= 4 is 6.09 Å². The molecule has 1 heterocycles. The van der Waals surface area contributed by atoms with Gasteiger partial charge in [-0.05, 0) is 33.6 Å². The normalized spacial score (nSPS) is 18.3. The first kappa shape index (κ1) is 14.4. The Kier molecular flexibility index (Phi) is 4.60. The number of amides is 1. The maximum absolute atomic E-state index is 11.8. The third-order valence-electron chi connectivity index (χ3n) is 2.85. The van der Waals surface area contributed by atoms with Crippen molar-refractivity contribution in [2.24, 2.45) is 5.92 Å². The van der Waals surface area contributed by atoms with Crippen LogP contribution in [0.3, 0.4) is 0 Å². The molecule has 1 aliphatic heterocycles. The number of likely N-dealkylation sites (tertiary alicyclic amines) is 1. The Labute approximate surface area is 108 Å². The molecule has 1 aliphatic rings. The van der Waals surface area contributed by atoms with E-state index >= 15 is 0 Å².